The van der Waals surface area contributed by atoms with Gasteiger partial charge in [-0.2, -0.15) is 0 Å². The van der Waals surface area contributed by atoms with Crippen LogP contribution >= 0.6 is 0 Å². The van der Waals surface area contributed by atoms with E-state index in [1.165, 1.54) is 0 Å². The minimum absolute atomic E-state index is 0.0158. The summed E-state index contributed by atoms with van der Waals surface area (Å²) in [6.45, 7) is 1.86. The monoisotopic (exact) mass is 236 g/mol. The average Bonchev–Trinajstić information content (AvgIpc) is 2.86. The van der Waals surface area contributed by atoms with Crippen molar-refractivity contribution < 1.29 is 14.7 Å². The van der Waals surface area contributed by atoms with Crippen molar-refractivity contribution in [2.75, 3.05) is 0 Å². The SMILES string of the molecule is Cc1c[nH]cc1C(=O)N[C@@H]1CC[C@H](C(=O)O)C1. The Morgan fingerprint density at radius 1 is 1.41 bits per heavy atom. The van der Waals surface area contributed by atoms with E-state index in [-0.39, 0.29) is 17.9 Å². The lowest BCUT2D eigenvalue weighted by Gasteiger charge is -2.12. The van der Waals surface area contributed by atoms with E-state index in [9.17, 15) is 9.59 Å². The first-order valence-corrected chi connectivity index (χ1v) is 5.75. The molecule has 0 radical (unpaired) electrons. The summed E-state index contributed by atoms with van der Waals surface area (Å²) < 4.78 is 0. The van der Waals surface area contributed by atoms with E-state index in [0.717, 1.165) is 12.0 Å². The number of carboxylic acids is 1. The Balaban J connectivity index is 1.93. The summed E-state index contributed by atoms with van der Waals surface area (Å²) in [6.07, 6.45) is 5.35. The Morgan fingerprint density at radius 3 is 2.71 bits per heavy atom. The molecule has 1 aromatic heterocycles. The maximum Gasteiger partial charge on any atom is 0.306 e. The standard InChI is InChI=1S/C12H16N2O3/c1-7-5-13-6-10(7)11(15)14-9-3-2-8(4-9)12(16)17/h5-6,8-9,13H,2-4H2,1H3,(H,14,15)(H,16,17)/t8-,9+/m0/s1. The van der Waals surface area contributed by atoms with Gasteiger partial charge >= 0.3 is 5.97 Å². The summed E-state index contributed by atoms with van der Waals surface area (Å²) >= 11 is 0. The molecule has 1 aliphatic carbocycles. The van der Waals surface area contributed by atoms with E-state index in [1.807, 2.05) is 6.92 Å². The summed E-state index contributed by atoms with van der Waals surface area (Å²) in [4.78, 5) is 25.6. The van der Waals surface area contributed by atoms with E-state index < -0.39 is 5.97 Å². The van der Waals surface area contributed by atoms with Crippen molar-refractivity contribution in [1.82, 2.24) is 10.3 Å². The second-order valence-corrected chi connectivity index (χ2v) is 4.57. The van der Waals surface area contributed by atoms with Crippen LogP contribution in [-0.2, 0) is 4.79 Å². The molecule has 1 amide bonds. The highest BCUT2D eigenvalue weighted by Gasteiger charge is 2.30. The molecule has 17 heavy (non-hydrogen) atoms. The van der Waals surface area contributed by atoms with Gasteiger partial charge in [-0.05, 0) is 31.7 Å². The van der Waals surface area contributed by atoms with Gasteiger partial charge in [0, 0.05) is 18.4 Å². The van der Waals surface area contributed by atoms with Gasteiger partial charge in [-0.1, -0.05) is 0 Å². The number of carbonyl (C=O) groups is 2. The highest BCUT2D eigenvalue weighted by molar-refractivity contribution is 5.95. The molecule has 2 atom stereocenters. The zero-order valence-corrected chi connectivity index (χ0v) is 9.69. The minimum Gasteiger partial charge on any atom is -0.481 e. The maximum atomic E-state index is 11.9. The largest absolute Gasteiger partial charge is 0.481 e. The summed E-state index contributed by atoms with van der Waals surface area (Å²) in [5.74, 6) is -1.20. The van der Waals surface area contributed by atoms with Gasteiger partial charge in [0.1, 0.15) is 0 Å². The van der Waals surface area contributed by atoms with Gasteiger partial charge in [0.25, 0.3) is 5.91 Å². The third-order valence-electron chi connectivity index (χ3n) is 3.31. The van der Waals surface area contributed by atoms with Crippen LogP contribution in [0, 0.1) is 12.8 Å². The molecule has 0 saturated heterocycles. The number of hydrogen-bond acceptors (Lipinski definition) is 2. The van der Waals surface area contributed by atoms with Crippen molar-refractivity contribution in [3.8, 4) is 0 Å². The topological polar surface area (TPSA) is 82.2 Å². The molecule has 0 aromatic carbocycles. The summed E-state index contributed by atoms with van der Waals surface area (Å²) in [5.41, 5.74) is 1.53. The fourth-order valence-corrected chi connectivity index (χ4v) is 2.29. The smallest absolute Gasteiger partial charge is 0.306 e. The van der Waals surface area contributed by atoms with Crippen LogP contribution in [0.3, 0.4) is 0 Å². The lowest BCUT2D eigenvalue weighted by molar-refractivity contribution is -0.141. The number of aryl methyl sites for hydroxylation is 1. The molecule has 1 aliphatic rings. The van der Waals surface area contributed by atoms with Gasteiger partial charge in [0.15, 0.2) is 0 Å². The molecule has 0 bridgehead atoms. The van der Waals surface area contributed by atoms with E-state index >= 15 is 0 Å². The number of rotatable bonds is 3. The molecular formula is C12H16N2O3. The van der Waals surface area contributed by atoms with Crippen LogP contribution in [0.5, 0.6) is 0 Å². The van der Waals surface area contributed by atoms with Crippen LogP contribution in [0.15, 0.2) is 12.4 Å². The molecule has 2 rings (SSSR count). The molecule has 0 unspecified atom stereocenters. The van der Waals surface area contributed by atoms with Crippen molar-refractivity contribution in [1.29, 1.82) is 0 Å². The fourth-order valence-electron chi connectivity index (χ4n) is 2.29. The van der Waals surface area contributed by atoms with E-state index in [0.29, 0.717) is 18.4 Å². The first-order valence-electron chi connectivity index (χ1n) is 5.75. The van der Waals surface area contributed by atoms with Crippen LogP contribution in [0.25, 0.3) is 0 Å². The van der Waals surface area contributed by atoms with Gasteiger partial charge in [-0.15, -0.1) is 0 Å². The lowest BCUT2D eigenvalue weighted by atomic mass is 10.1. The third-order valence-corrected chi connectivity index (χ3v) is 3.31. The first kappa shape index (κ1) is 11.7. The quantitative estimate of drug-likeness (QED) is 0.740. The Hall–Kier alpha value is -1.78. The molecule has 92 valence electrons. The van der Waals surface area contributed by atoms with E-state index in [4.69, 9.17) is 5.11 Å². The van der Waals surface area contributed by atoms with Gasteiger partial charge in [0.05, 0.1) is 11.5 Å². The second kappa shape index (κ2) is 4.61. The highest BCUT2D eigenvalue weighted by atomic mass is 16.4. The van der Waals surface area contributed by atoms with Crippen molar-refractivity contribution in [2.45, 2.75) is 32.2 Å². The van der Waals surface area contributed by atoms with E-state index in [2.05, 4.69) is 10.3 Å². The predicted molar refractivity (Wildman–Crippen MR) is 61.8 cm³/mol. The minimum atomic E-state index is -0.764. The zero-order chi connectivity index (χ0) is 12.4. The van der Waals surface area contributed by atoms with Crippen molar-refractivity contribution >= 4 is 11.9 Å². The van der Waals surface area contributed by atoms with Gasteiger partial charge in [-0.25, -0.2) is 0 Å². The number of hydrogen-bond donors (Lipinski definition) is 3. The maximum absolute atomic E-state index is 11.9. The average molecular weight is 236 g/mol. The van der Waals surface area contributed by atoms with Crippen LogP contribution in [-0.4, -0.2) is 28.0 Å². The van der Waals surface area contributed by atoms with Crippen molar-refractivity contribution in [2.24, 2.45) is 5.92 Å². The highest BCUT2D eigenvalue weighted by Crippen LogP contribution is 2.25. The zero-order valence-electron chi connectivity index (χ0n) is 9.69. The van der Waals surface area contributed by atoms with Crippen LogP contribution in [0.4, 0.5) is 0 Å². The lowest BCUT2D eigenvalue weighted by Crippen LogP contribution is -2.33. The Bertz CT molecular complexity index is 439. The van der Waals surface area contributed by atoms with E-state index in [1.54, 1.807) is 12.4 Å². The Labute approximate surface area is 99.2 Å². The molecule has 5 heteroatoms. The van der Waals surface area contributed by atoms with Crippen molar-refractivity contribution in [3.63, 3.8) is 0 Å². The number of aliphatic carboxylic acids is 1. The predicted octanol–water partition coefficient (Wildman–Crippen LogP) is 1.31. The molecular weight excluding hydrogens is 220 g/mol. The summed E-state index contributed by atoms with van der Waals surface area (Å²) in [6, 6.07) is -0.0158. The molecule has 0 spiro atoms. The number of nitrogens with one attached hydrogen (secondary N) is 2. The molecule has 0 aliphatic heterocycles. The van der Waals surface area contributed by atoms with Gasteiger partial charge in [-0.3, -0.25) is 9.59 Å². The summed E-state index contributed by atoms with van der Waals surface area (Å²) in [5, 5.41) is 11.8. The number of H-pyrrole nitrogens is 1. The number of carboxylic acid groups (broad SMARTS) is 1. The van der Waals surface area contributed by atoms with Crippen LogP contribution in [0.1, 0.15) is 35.2 Å². The second-order valence-electron chi connectivity index (χ2n) is 4.57. The molecule has 1 heterocycles. The normalized spacial score (nSPS) is 23.6. The molecule has 1 fully saturated rings. The number of carbonyl (C=O) groups excluding carboxylic acids is 1. The first-order chi connectivity index (χ1) is 8.08. The fraction of sp³-hybridized carbons (Fsp3) is 0.500. The molecule has 3 N–H and O–H groups in total. The Morgan fingerprint density at radius 2 is 2.18 bits per heavy atom. The number of aromatic amines is 1. The summed E-state index contributed by atoms with van der Waals surface area (Å²) in [7, 11) is 0. The molecule has 1 saturated carbocycles. The number of amides is 1. The van der Waals surface area contributed by atoms with Gasteiger partial charge in [0.2, 0.25) is 0 Å². The molecule has 1 aromatic rings. The Kier molecular flexibility index (Phi) is 3.17. The van der Waals surface area contributed by atoms with Crippen molar-refractivity contribution in [3.05, 3.63) is 23.5 Å². The molecule has 5 nitrogen and oxygen atoms in total. The number of aromatic nitrogens is 1. The van der Waals surface area contributed by atoms with Gasteiger partial charge < -0.3 is 15.4 Å². The van der Waals surface area contributed by atoms with Crippen LogP contribution < -0.4 is 5.32 Å². The third kappa shape index (κ3) is 2.49. The van der Waals surface area contributed by atoms with Crippen LogP contribution in [0.2, 0.25) is 0 Å².